The molecule has 3 heteroatoms. The summed E-state index contributed by atoms with van der Waals surface area (Å²) in [6.45, 7) is 2.22. The van der Waals surface area contributed by atoms with Gasteiger partial charge in [0.25, 0.3) is 0 Å². The van der Waals surface area contributed by atoms with Crippen LogP contribution >= 0.6 is 11.6 Å². The highest BCUT2D eigenvalue weighted by atomic mass is 35.5. The maximum atomic E-state index is 5.40. The van der Waals surface area contributed by atoms with Crippen LogP contribution in [0.15, 0.2) is 0 Å². The number of hydrogen-bond acceptors (Lipinski definition) is 2. The molecule has 0 aromatic rings. The summed E-state index contributed by atoms with van der Waals surface area (Å²) in [6, 6.07) is 0. The molecular weight excluding hydrogens is 101 g/mol. The summed E-state index contributed by atoms with van der Waals surface area (Å²) in [4.78, 5) is 0. The predicted octanol–water partition coefficient (Wildman–Crippen LogP) is 0.290. The zero-order chi connectivity index (χ0) is 4.41. The molecule has 1 heterocycles. The number of hydrogen-bond donors (Lipinski definition) is 1. The van der Waals surface area contributed by atoms with Crippen molar-refractivity contribution in [1.29, 1.82) is 0 Å². The molecule has 1 radical (unpaired) electrons. The third-order valence-corrected chi connectivity index (χ3v) is 0.835. The molecule has 0 saturated carbocycles. The van der Waals surface area contributed by atoms with Crippen molar-refractivity contribution in [1.82, 2.24) is 5.32 Å². The SMILES string of the molecule is ClC1CN[CH]O1. The van der Waals surface area contributed by atoms with E-state index in [1.165, 1.54) is 6.73 Å². The summed E-state index contributed by atoms with van der Waals surface area (Å²) >= 11 is 5.40. The minimum absolute atomic E-state index is 0.148. The minimum Gasteiger partial charge on any atom is -0.339 e. The van der Waals surface area contributed by atoms with Crippen molar-refractivity contribution < 1.29 is 4.74 Å². The lowest BCUT2D eigenvalue weighted by Crippen LogP contribution is -2.05. The second-order valence-electron chi connectivity index (χ2n) is 1.07. The van der Waals surface area contributed by atoms with E-state index in [0.717, 1.165) is 6.54 Å². The molecule has 0 aliphatic carbocycles. The van der Waals surface area contributed by atoms with E-state index in [9.17, 15) is 0 Å². The lowest BCUT2D eigenvalue weighted by molar-refractivity contribution is 0.224. The quantitative estimate of drug-likeness (QED) is 0.448. The topological polar surface area (TPSA) is 21.3 Å². The van der Waals surface area contributed by atoms with E-state index >= 15 is 0 Å². The smallest absolute Gasteiger partial charge is 0.150 e. The fourth-order valence-corrected chi connectivity index (χ4v) is 0.451. The molecule has 1 rings (SSSR count). The summed E-state index contributed by atoms with van der Waals surface area (Å²) in [6.07, 6.45) is 0. The first-order chi connectivity index (χ1) is 2.89. The van der Waals surface area contributed by atoms with Gasteiger partial charge in [-0.25, -0.2) is 0 Å². The van der Waals surface area contributed by atoms with E-state index in [-0.39, 0.29) is 5.56 Å². The van der Waals surface area contributed by atoms with E-state index in [2.05, 4.69) is 10.1 Å². The minimum atomic E-state index is -0.148. The van der Waals surface area contributed by atoms with E-state index < -0.39 is 0 Å². The van der Waals surface area contributed by atoms with Crippen LogP contribution < -0.4 is 5.32 Å². The van der Waals surface area contributed by atoms with Gasteiger partial charge in [0.2, 0.25) is 0 Å². The number of halogens is 1. The van der Waals surface area contributed by atoms with Crippen LogP contribution in [0.1, 0.15) is 0 Å². The van der Waals surface area contributed by atoms with Gasteiger partial charge >= 0.3 is 0 Å². The Kier molecular flexibility index (Phi) is 1.29. The van der Waals surface area contributed by atoms with E-state index in [4.69, 9.17) is 11.6 Å². The van der Waals surface area contributed by atoms with Gasteiger partial charge in [0, 0.05) is 6.54 Å². The maximum Gasteiger partial charge on any atom is 0.150 e. The predicted molar refractivity (Wildman–Crippen MR) is 23.0 cm³/mol. The maximum absolute atomic E-state index is 5.40. The van der Waals surface area contributed by atoms with Crippen molar-refractivity contribution in [2.75, 3.05) is 6.54 Å². The molecule has 6 heavy (non-hydrogen) atoms. The van der Waals surface area contributed by atoms with Crippen molar-refractivity contribution in [2.24, 2.45) is 0 Å². The van der Waals surface area contributed by atoms with Gasteiger partial charge in [-0.3, -0.25) is 5.32 Å². The third kappa shape index (κ3) is 0.834. The average Bonchev–Trinajstić information content (AvgIpc) is 1.86. The highest BCUT2D eigenvalue weighted by molar-refractivity contribution is 6.20. The Morgan fingerprint density at radius 1 is 2.00 bits per heavy atom. The molecule has 1 unspecified atom stereocenters. The van der Waals surface area contributed by atoms with Crippen LogP contribution in [0, 0.1) is 6.73 Å². The van der Waals surface area contributed by atoms with Crippen molar-refractivity contribution in [3.63, 3.8) is 0 Å². The van der Waals surface area contributed by atoms with Crippen LogP contribution in [-0.4, -0.2) is 12.1 Å². The fourth-order valence-electron chi connectivity index (χ4n) is 0.311. The molecule has 35 valence electrons. The Morgan fingerprint density at radius 2 is 2.83 bits per heavy atom. The standard InChI is InChI=1S/C3H5ClNO/c4-3-1-5-2-6-3/h2-3,5H,1H2. The van der Waals surface area contributed by atoms with E-state index in [1.807, 2.05) is 0 Å². The van der Waals surface area contributed by atoms with Gasteiger partial charge in [-0.15, -0.1) is 0 Å². The van der Waals surface area contributed by atoms with Crippen molar-refractivity contribution in [3.05, 3.63) is 6.73 Å². The Morgan fingerprint density at radius 3 is 3.00 bits per heavy atom. The number of ether oxygens (including phenoxy) is 1. The first kappa shape index (κ1) is 4.37. The summed E-state index contributed by atoms with van der Waals surface area (Å²) < 4.78 is 4.68. The molecule has 1 fully saturated rings. The van der Waals surface area contributed by atoms with E-state index in [0.29, 0.717) is 0 Å². The summed E-state index contributed by atoms with van der Waals surface area (Å²) in [7, 11) is 0. The van der Waals surface area contributed by atoms with Gasteiger partial charge in [-0.05, 0) is 0 Å². The number of nitrogens with one attached hydrogen (secondary N) is 1. The van der Waals surface area contributed by atoms with Crippen molar-refractivity contribution >= 4 is 11.6 Å². The molecule has 0 aromatic carbocycles. The highest BCUT2D eigenvalue weighted by Gasteiger charge is 2.09. The Hall–Kier alpha value is 0.210. The Balaban J connectivity index is 2.18. The molecule has 0 bridgehead atoms. The number of rotatable bonds is 0. The van der Waals surface area contributed by atoms with Crippen LogP contribution in [-0.2, 0) is 4.74 Å². The van der Waals surface area contributed by atoms with Crippen LogP contribution in [0.2, 0.25) is 0 Å². The first-order valence-electron chi connectivity index (χ1n) is 1.74. The van der Waals surface area contributed by atoms with E-state index in [1.54, 1.807) is 0 Å². The third-order valence-electron chi connectivity index (χ3n) is 0.577. The zero-order valence-corrected chi connectivity index (χ0v) is 3.90. The molecule has 1 saturated heterocycles. The summed E-state index contributed by atoms with van der Waals surface area (Å²) in [5, 5.41) is 2.79. The lowest BCUT2D eigenvalue weighted by Gasteiger charge is -1.89. The highest BCUT2D eigenvalue weighted by Crippen LogP contribution is 2.02. The molecule has 1 aliphatic heterocycles. The molecule has 1 aliphatic rings. The normalized spacial score (nSPS) is 34.5. The largest absolute Gasteiger partial charge is 0.339 e. The van der Waals surface area contributed by atoms with Gasteiger partial charge < -0.3 is 4.74 Å². The molecule has 0 amide bonds. The number of alkyl halides is 1. The monoisotopic (exact) mass is 106 g/mol. The second-order valence-corrected chi connectivity index (χ2v) is 1.56. The Bertz CT molecular complexity index is 44.1. The van der Waals surface area contributed by atoms with Gasteiger partial charge in [-0.1, -0.05) is 11.6 Å². The van der Waals surface area contributed by atoms with Gasteiger partial charge in [0.05, 0.1) is 0 Å². The van der Waals surface area contributed by atoms with Crippen molar-refractivity contribution in [2.45, 2.75) is 5.56 Å². The molecule has 1 N–H and O–H groups in total. The summed E-state index contributed by atoms with van der Waals surface area (Å²) in [5.74, 6) is 0. The van der Waals surface area contributed by atoms with Crippen LogP contribution in [0.25, 0.3) is 0 Å². The van der Waals surface area contributed by atoms with Crippen LogP contribution in [0.3, 0.4) is 0 Å². The lowest BCUT2D eigenvalue weighted by atomic mass is 10.7. The molecule has 0 aromatic heterocycles. The van der Waals surface area contributed by atoms with Crippen molar-refractivity contribution in [3.8, 4) is 0 Å². The summed E-state index contributed by atoms with van der Waals surface area (Å²) in [5.41, 5.74) is -0.148. The second kappa shape index (κ2) is 1.78. The zero-order valence-electron chi connectivity index (χ0n) is 3.15. The van der Waals surface area contributed by atoms with Crippen LogP contribution in [0.5, 0.6) is 0 Å². The van der Waals surface area contributed by atoms with Crippen LogP contribution in [0.4, 0.5) is 0 Å². The first-order valence-corrected chi connectivity index (χ1v) is 2.18. The molecule has 1 atom stereocenters. The fraction of sp³-hybridized carbons (Fsp3) is 0.667. The van der Waals surface area contributed by atoms with Gasteiger partial charge in [0.1, 0.15) is 12.3 Å². The van der Waals surface area contributed by atoms with Gasteiger partial charge in [0.15, 0.2) is 0 Å². The van der Waals surface area contributed by atoms with Gasteiger partial charge in [-0.2, -0.15) is 0 Å². The molecule has 0 spiro atoms. The molecule has 2 nitrogen and oxygen atoms in total. The average molecular weight is 107 g/mol. The molecular formula is C3H5ClNO. The Labute approximate surface area is 41.4 Å².